The summed E-state index contributed by atoms with van der Waals surface area (Å²) in [6, 6.07) is 9.70. The van der Waals surface area contributed by atoms with Crippen LogP contribution in [-0.2, 0) is 0 Å². The van der Waals surface area contributed by atoms with Crippen LogP contribution in [0.15, 0.2) is 39.8 Å². The maximum absolute atomic E-state index is 5.07. The molecule has 0 fully saturated rings. The molecule has 0 atom stereocenters. The van der Waals surface area contributed by atoms with Gasteiger partial charge in [-0.15, -0.1) is 0 Å². The summed E-state index contributed by atoms with van der Waals surface area (Å²) in [4.78, 5) is 3.95. The van der Waals surface area contributed by atoms with Gasteiger partial charge in [0.15, 0.2) is 5.76 Å². The van der Waals surface area contributed by atoms with Crippen molar-refractivity contribution >= 4 is 23.1 Å². The molecule has 74 valence electrons. The number of nitrogens with zero attached hydrogens (tertiary/aromatic N) is 2. The van der Waals surface area contributed by atoms with Crippen molar-refractivity contribution in [2.24, 2.45) is 4.99 Å². The molecule has 2 aromatic rings. The average Bonchev–Trinajstić information content (AvgIpc) is 2.63. The van der Waals surface area contributed by atoms with Gasteiger partial charge in [0.1, 0.15) is 11.4 Å². The Morgan fingerprint density at radius 3 is 2.73 bits per heavy atom. The van der Waals surface area contributed by atoms with Gasteiger partial charge in [-0.25, -0.2) is 0 Å². The molecular weight excluding hydrogens is 208 g/mol. The van der Waals surface area contributed by atoms with Gasteiger partial charge in [-0.2, -0.15) is 4.99 Å². The van der Waals surface area contributed by atoms with Gasteiger partial charge in [0.25, 0.3) is 0 Å². The molecule has 0 aliphatic heterocycles. The first kappa shape index (κ1) is 9.77. The molecule has 1 aromatic carbocycles. The Morgan fingerprint density at radius 2 is 2.07 bits per heavy atom. The van der Waals surface area contributed by atoms with Gasteiger partial charge >= 0.3 is 0 Å². The molecule has 0 aliphatic carbocycles. The molecule has 0 unspecified atom stereocenters. The van der Waals surface area contributed by atoms with Crippen molar-refractivity contribution in [3.05, 3.63) is 36.1 Å². The number of thiocarbonyl (C=S) groups is 1. The average molecular weight is 216 g/mol. The molecule has 0 saturated heterocycles. The lowest BCUT2D eigenvalue weighted by Crippen LogP contribution is -1.76. The van der Waals surface area contributed by atoms with E-state index in [4.69, 9.17) is 4.52 Å². The lowest BCUT2D eigenvalue weighted by atomic mass is 10.1. The maximum Gasteiger partial charge on any atom is 0.160 e. The van der Waals surface area contributed by atoms with Crippen LogP contribution in [0.4, 0.5) is 5.69 Å². The Morgan fingerprint density at radius 1 is 1.33 bits per heavy atom. The number of aliphatic imine (C=N–C) groups is 1. The minimum atomic E-state index is 0.645. The van der Waals surface area contributed by atoms with E-state index in [9.17, 15) is 0 Å². The highest BCUT2D eigenvalue weighted by Crippen LogP contribution is 2.31. The second-order valence-corrected chi connectivity index (χ2v) is 3.19. The zero-order chi connectivity index (χ0) is 10.7. The molecule has 0 spiro atoms. The Bertz CT molecular complexity index is 513. The Labute approximate surface area is 92.4 Å². The molecule has 0 saturated carbocycles. The smallest absolute Gasteiger partial charge is 0.160 e. The van der Waals surface area contributed by atoms with Crippen LogP contribution in [0.1, 0.15) is 5.76 Å². The van der Waals surface area contributed by atoms with E-state index >= 15 is 0 Å². The fourth-order valence-electron chi connectivity index (χ4n) is 1.33. The zero-order valence-electron chi connectivity index (χ0n) is 8.10. The third-order valence-electron chi connectivity index (χ3n) is 2.04. The lowest BCUT2D eigenvalue weighted by Gasteiger charge is -1.94. The van der Waals surface area contributed by atoms with Crippen LogP contribution in [-0.4, -0.2) is 10.3 Å². The number of aryl methyl sites for hydroxylation is 1. The maximum atomic E-state index is 5.07. The number of benzene rings is 1. The van der Waals surface area contributed by atoms with Crippen LogP contribution >= 0.6 is 12.2 Å². The molecule has 0 amide bonds. The van der Waals surface area contributed by atoms with Gasteiger partial charge < -0.3 is 4.52 Å². The van der Waals surface area contributed by atoms with Crippen LogP contribution in [0.25, 0.3) is 11.3 Å². The molecule has 0 radical (unpaired) electrons. The van der Waals surface area contributed by atoms with E-state index in [0.717, 1.165) is 5.56 Å². The molecule has 15 heavy (non-hydrogen) atoms. The third kappa shape index (κ3) is 1.86. The highest BCUT2D eigenvalue weighted by molar-refractivity contribution is 7.78. The summed E-state index contributed by atoms with van der Waals surface area (Å²) in [6.45, 7) is 1.80. The van der Waals surface area contributed by atoms with E-state index in [-0.39, 0.29) is 0 Å². The number of hydrogen-bond donors (Lipinski definition) is 0. The van der Waals surface area contributed by atoms with Gasteiger partial charge in [-0.3, -0.25) is 0 Å². The second-order valence-electron chi connectivity index (χ2n) is 3.01. The van der Waals surface area contributed by atoms with Gasteiger partial charge in [-0.05, 0) is 19.1 Å². The normalized spacial score (nSPS) is 9.67. The largest absolute Gasteiger partial charge is 0.359 e. The van der Waals surface area contributed by atoms with Crippen molar-refractivity contribution in [1.82, 2.24) is 5.16 Å². The molecular formula is C11H8N2OS. The van der Waals surface area contributed by atoms with Gasteiger partial charge in [0.05, 0.1) is 5.16 Å². The zero-order valence-corrected chi connectivity index (χ0v) is 8.91. The van der Waals surface area contributed by atoms with E-state index in [1.807, 2.05) is 30.3 Å². The summed E-state index contributed by atoms with van der Waals surface area (Å²) in [6.07, 6.45) is 0. The van der Waals surface area contributed by atoms with Gasteiger partial charge in [0, 0.05) is 5.56 Å². The highest BCUT2D eigenvalue weighted by Gasteiger charge is 2.12. The van der Waals surface area contributed by atoms with Crippen LogP contribution < -0.4 is 0 Å². The fourth-order valence-corrected chi connectivity index (χ4v) is 1.42. The fraction of sp³-hybridized carbons (Fsp3) is 0.0909. The number of aromatic nitrogens is 1. The van der Waals surface area contributed by atoms with E-state index < -0.39 is 0 Å². The highest BCUT2D eigenvalue weighted by atomic mass is 32.1. The van der Waals surface area contributed by atoms with Crippen LogP contribution in [0.3, 0.4) is 0 Å². The predicted octanol–water partition coefficient (Wildman–Crippen LogP) is 3.38. The van der Waals surface area contributed by atoms with Crippen LogP contribution in [0, 0.1) is 6.92 Å². The monoisotopic (exact) mass is 216 g/mol. The topological polar surface area (TPSA) is 38.4 Å². The van der Waals surface area contributed by atoms with Crippen molar-refractivity contribution in [2.45, 2.75) is 6.92 Å². The van der Waals surface area contributed by atoms with Gasteiger partial charge in [-0.1, -0.05) is 35.5 Å². The first-order valence-corrected chi connectivity index (χ1v) is 4.83. The number of hydrogen-bond acceptors (Lipinski definition) is 4. The summed E-state index contributed by atoms with van der Waals surface area (Å²) < 4.78 is 5.07. The van der Waals surface area contributed by atoms with E-state index in [1.54, 1.807) is 6.92 Å². The van der Waals surface area contributed by atoms with Crippen molar-refractivity contribution in [3.63, 3.8) is 0 Å². The number of isothiocyanates is 1. The summed E-state index contributed by atoms with van der Waals surface area (Å²) >= 11 is 4.58. The molecule has 2 rings (SSSR count). The van der Waals surface area contributed by atoms with Crippen LogP contribution in [0.5, 0.6) is 0 Å². The van der Waals surface area contributed by atoms with Crippen molar-refractivity contribution < 1.29 is 4.52 Å². The first-order chi connectivity index (χ1) is 7.33. The molecule has 4 heteroatoms. The van der Waals surface area contributed by atoms with E-state index in [0.29, 0.717) is 17.1 Å². The molecule has 0 N–H and O–H groups in total. The quantitative estimate of drug-likeness (QED) is 0.570. The minimum absolute atomic E-state index is 0.645. The second kappa shape index (κ2) is 4.17. The minimum Gasteiger partial charge on any atom is -0.359 e. The molecule has 1 heterocycles. The standard InChI is InChI=1S/C11H8N2OS/c1-8-10(12-7-15)11(13-14-8)9-5-3-2-4-6-9/h2-6H,1H3. The SMILES string of the molecule is Cc1onc(-c2ccccc2)c1N=C=S. The van der Waals surface area contributed by atoms with Crippen molar-refractivity contribution in [2.75, 3.05) is 0 Å². The Kier molecular flexibility index (Phi) is 2.72. The van der Waals surface area contributed by atoms with Gasteiger partial charge in [0.2, 0.25) is 0 Å². The van der Waals surface area contributed by atoms with E-state index in [1.165, 1.54) is 0 Å². The van der Waals surface area contributed by atoms with Crippen molar-refractivity contribution in [3.8, 4) is 11.3 Å². The molecule has 3 nitrogen and oxygen atoms in total. The first-order valence-electron chi connectivity index (χ1n) is 4.42. The Balaban J connectivity index is 2.59. The summed E-state index contributed by atoms with van der Waals surface area (Å²) in [5.41, 5.74) is 2.31. The lowest BCUT2D eigenvalue weighted by molar-refractivity contribution is 0.400. The summed E-state index contributed by atoms with van der Waals surface area (Å²) in [5.74, 6) is 0.645. The molecule has 1 aromatic heterocycles. The Hall–Kier alpha value is -1.77. The summed E-state index contributed by atoms with van der Waals surface area (Å²) in [5, 5.41) is 6.28. The third-order valence-corrected chi connectivity index (χ3v) is 2.13. The predicted molar refractivity (Wildman–Crippen MR) is 61.4 cm³/mol. The van der Waals surface area contributed by atoms with E-state index in [2.05, 4.69) is 27.5 Å². The summed E-state index contributed by atoms with van der Waals surface area (Å²) in [7, 11) is 0. The molecule has 0 bridgehead atoms. The molecule has 0 aliphatic rings. The number of rotatable bonds is 2. The van der Waals surface area contributed by atoms with Crippen molar-refractivity contribution in [1.29, 1.82) is 0 Å². The van der Waals surface area contributed by atoms with Crippen LogP contribution in [0.2, 0.25) is 0 Å².